The van der Waals surface area contributed by atoms with Crippen LogP contribution >= 0.6 is 0 Å². The highest BCUT2D eigenvalue weighted by molar-refractivity contribution is 5.70. The molecule has 1 fully saturated rings. The molecule has 4 nitrogen and oxygen atoms in total. The number of rotatable bonds is 6. The molecule has 3 rings (SSSR count). The highest BCUT2D eigenvalue weighted by Crippen LogP contribution is 2.41. The summed E-state index contributed by atoms with van der Waals surface area (Å²) in [4.78, 5) is 14.2. The second-order valence-electron chi connectivity index (χ2n) is 7.44. The Morgan fingerprint density at radius 3 is 2.50 bits per heavy atom. The number of nitrogens with zero attached hydrogens (tertiary/aromatic N) is 1. The van der Waals surface area contributed by atoms with Crippen molar-refractivity contribution in [1.29, 1.82) is 0 Å². The third-order valence-corrected chi connectivity index (χ3v) is 5.55. The van der Waals surface area contributed by atoms with Crippen molar-refractivity contribution in [3.8, 4) is 0 Å². The fourth-order valence-corrected chi connectivity index (χ4v) is 3.82. The lowest BCUT2D eigenvalue weighted by molar-refractivity contribution is -0.137. The van der Waals surface area contributed by atoms with Gasteiger partial charge in [-0.25, -0.2) is 9.18 Å². The van der Waals surface area contributed by atoms with E-state index in [-0.39, 0.29) is 13.2 Å². The molecule has 1 aliphatic rings. The Morgan fingerprint density at radius 2 is 1.90 bits per heavy atom. The number of halogens is 4. The van der Waals surface area contributed by atoms with E-state index in [2.05, 4.69) is 0 Å². The van der Waals surface area contributed by atoms with Crippen LogP contribution in [0.2, 0.25) is 0 Å². The van der Waals surface area contributed by atoms with Gasteiger partial charge in [0.25, 0.3) is 0 Å². The molecule has 1 amide bonds. The highest BCUT2D eigenvalue weighted by atomic mass is 19.4. The Hall–Kier alpha value is -2.61. The second-order valence-corrected chi connectivity index (χ2v) is 7.44. The largest absolute Gasteiger partial charge is 0.438 e. The molecular weight excluding hydrogens is 402 g/mol. The van der Waals surface area contributed by atoms with Crippen molar-refractivity contribution in [1.82, 2.24) is 4.90 Å². The molecular formula is C22H23F4NO3. The maximum absolute atomic E-state index is 13.3. The molecule has 1 unspecified atom stereocenters. The number of ether oxygens (including phenoxy) is 1. The molecule has 2 aromatic carbocycles. The number of amides is 1. The number of carbonyl (C=O) groups excluding carboxylic acids is 1. The Balaban J connectivity index is 1.83. The zero-order valence-electron chi connectivity index (χ0n) is 16.5. The van der Waals surface area contributed by atoms with Gasteiger partial charge in [0.05, 0.1) is 11.6 Å². The summed E-state index contributed by atoms with van der Waals surface area (Å²) in [5, 5.41) is 9.25. The van der Waals surface area contributed by atoms with Crippen molar-refractivity contribution < 1.29 is 32.2 Å². The Labute approximate surface area is 172 Å². The lowest BCUT2D eigenvalue weighted by Gasteiger charge is -2.43. The van der Waals surface area contributed by atoms with Crippen LogP contribution in [0, 0.1) is 5.82 Å². The van der Waals surface area contributed by atoms with Crippen molar-refractivity contribution in [3.05, 3.63) is 71.0 Å². The van der Waals surface area contributed by atoms with Crippen LogP contribution in [0.25, 0.3) is 0 Å². The van der Waals surface area contributed by atoms with Crippen molar-refractivity contribution in [2.45, 2.75) is 44.0 Å². The van der Waals surface area contributed by atoms with Gasteiger partial charge in [-0.1, -0.05) is 24.3 Å². The summed E-state index contributed by atoms with van der Waals surface area (Å²) < 4.78 is 58.2. The number of hydrogen-bond acceptors (Lipinski definition) is 3. The third-order valence-electron chi connectivity index (χ3n) is 5.55. The summed E-state index contributed by atoms with van der Waals surface area (Å²) in [5.74, 6) is -0.419. The van der Waals surface area contributed by atoms with Crippen LogP contribution < -0.4 is 0 Å². The van der Waals surface area contributed by atoms with Gasteiger partial charge in [-0.3, -0.25) is 0 Å². The van der Waals surface area contributed by atoms with Crippen LogP contribution in [0.15, 0.2) is 48.5 Å². The van der Waals surface area contributed by atoms with E-state index in [1.54, 1.807) is 25.1 Å². The van der Waals surface area contributed by atoms with Gasteiger partial charge in [-0.2, -0.15) is 13.2 Å². The van der Waals surface area contributed by atoms with Gasteiger partial charge in [0.1, 0.15) is 11.4 Å². The van der Waals surface area contributed by atoms with E-state index in [0.29, 0.717) is 30.4 Å². The van der Waals surface area contributed by atoms with E-state index in [0.717, 1.165) is 12.1 Å². The van der Waals surface area contributed by atoms with Gasteiger partial charge in [0.15, 0.2) is 0 Å². The zero-order chi connectivity index (χ0) is 21.9. The fraction of sp³-hybridized carbons (Fsp3) is 0.409. The Kier molecular flexibility index (Phi) is 6.36. The number of aliphatic hydroxyl groups is 1. The van der Waals surface area contributed by atoms with E-state index in [4.69, 9.17) is 4.74 Å². The number of benzene rings is 2. The average Bonchev–Trinajstić information content (AvgIpc) is 2.72. The molecule has 0 saturated carbocycles. The van der Waals surface area contributed by atoms with E-state index in [1.807, 2.05) is 0 Å². The predicted molar refractivity (Wildman–Crippen MR) is 102 cm³/mol. The molecule has 30 heavy (non-hydrogen) atoms. The molecule has 0 spiro atoms. The van der Waals surface area contributed by atoms with Crippen molar-refractivity contribution in [3.63, 3.8) is 0 Å². The van der Waals surface area contributed by atoms with Crippen molar-refractivity contribution in [2.24, 2.45) is 0 Å². The summed E-state index contributed by atoms with van der Waals surface area (Å²) in [6.07, 6.45) is -4.03. The minimum atomic E-state index is -4.47. The molecule has 2 aromatic rings. The summed E-state index contributed by atoms with van der Waals surface area (Å²) in [7, 11) is 0. The molecule has 0 radical (unpaired) electrons. The fourth-order valence-electron chi connectivity index (χ4n) is 3.82. The summed E-state index contributed by atoms with van der Waals surface area (Å²) in [6, 6.07) is 9.91. The summed E-state index contributed by atoms with van der Waals surface area (Å²) in [6.45, 7) is 1.80. The van der Waals surface area contributed by atoms with E-state index >= 15 is 0 Å². The maximum Gasteiger partial charge on any atom is 0.416 e. The normalized spacial score (nSPS) is 20.7. The standard InChI is InChI=1S/C22H23F4NO3/c1-15(16-4-2-5-18(14-16)22(24,25)26)27-12-11-21(10-3-13-28,30-20(27)29)17-6-8-19(23)9-7-17/h2,4-9,14-15,28H,3,10-13H2,1H3/t15-,21?/m0/s1. The maximum atomic E-state index is 13.3. The third kappa shape index (κ3) is 4.59. The molecule has 2 atom stereocenters. The van der Waals surface area contributed by atoms with Crippen molar-refractivity contribution >= 4 is 6.09 Å². The number of cyclic esters (lactones) is 1. The first-order valence-electron chi connectivity index (χ1n) is 9.70. The minimum absolute atomic E-state index is 0.0924. The average molecular weight is 425 g/mol. The predicted octanol–water partition coefficient (Wildman–Crippen LogP) is 5.42. The first kappa shape index (κ1) is 22.1. The topological polar surface area (TPSA) is 49.8 Å². The van der Waals surface area contributed by atoms with Crippen molar-refractivity contribution in [2.75, 3.05) is 13.2 Å². The van der Waals surface area contributed by atoms with E-state index in [1.165, 1.54) is 23.1 Å². The van der Waals surface area contributed by atoms with Gasteiger partial charge < -0.3 is 14.7 Å². The highest BCUT2D eigenvalue weighted by Gasteiger charge is 2.43. The first-order chi connectivity index (χ1) is 14.2. The van der Waals surface area contributed by atoms with Crippen LogP contribution in [-0.4, -0.2) is 29.3 Å². The lowest BCUT2D eigenvalue weighted by Crippen LogP contribution is -2.48. The Bertz CT molecular complexity index is 885. The summed E-state index contributed by atoms with van der Waals surface area (Å²) >= 11 is 0. The number of carbonyl (C=O) groups is 1. The molecule has 1 aliphatic heterocycles. The monoisotopic (exact) mass is 425 g/mol. The van der Waals surface area contributed by atoms with Gasteiger partial charge >= 0.3 is 12.3 Å². The van der Waals surface area contributed by atoms with Crippen LogP contribution in [0.3, 0.4) is 0 Å². The molecule has 1 saturated heterocycles. The summed E-state index contributed by atoms with van der Waals surface area (Å²) in [5.41, 5.74) is -0.818. The van der Waals surface area contributed by atoms with Crippen LogP contribution in [0.1, 0.15) is 48.9 Å². The quantitative estimate of drug-likeness (QED) is 0.629. The molecule has 1 N–H and O–H groups in total. The molecule has 162 valence electrons. The van der Waals surface area contributed by atoms with Gasteiger partial charge in [0.2, 0.25) is 0 Å². The molecule has 0 aromatic heterocycles. The minimum Gasteiger partial charge on any atom is -0.438 e. The smallest absolute Gasteiger partial charge is 0.416 e. The molecule has 0 aliphatic carbocycles. The Morgan fingerprint density at radius 1 is 1.20 bits per heavy atom. The molecule has 8 heteroatoms. The SMILES string of the molecule is C[C@@H](c1cccc(C(F)(F)F)c1)N1CCC(CCCO)(c2ccc(F)cc2)OC1=O. The van der Waals surface area contributed by atoms with Crippen LogP contribution in [-0.2, 0) is 16.5 Å². The van der Waals surface area contributed by atoms with Crippen LogP contribution in [0.4, 0.5) is 22.4 Å². The molecule has 0 bridgehead atoms. The molecule has 1 heterocycles. The number of aliphatic hydroxyl groups excluding tert-OH is 1. The van der Waals surface area contributed by atoms with Gasteiger partial charge in [-0.05, 0) is 55.2 Å². The van der Waals surface area contributed by atoms with Gasteiger partial charge in [-0.15, -0.1) is 0 Å². The number of alkyl halides is 3. The van der Waals surface area contributed by atoms with E-state index < -0.39 is 35.3 Å². The lowest BCUT2D eigenvalue weighted by atomic mass is 9.84. The van der Waals surface area contributed by atoms with Crippen LogP contribution in [0.5, 0.6) is 0 Å². The zero-order valence-corrected chi connectivity index (χ0v) is 16.5. The first-order valence-corrected chi connectivity index (χ1v) is 9.70. The van der Waals surface area contributed by atoms with Gasteiger partial charge in [0, 0.05) is 19.6 Å². The van der Waals surface area contributed by atoms with E-state index in [9.17, 15) is 27.5 Å². The number of hydrogen-bond donors (Lipinski definition) is 1. The second kappa shape index (κ2) is 8.63.